The number of rotatable bonds is 3. The number of aliphatic hydroxyl groups excluding tert-OH is 1. The number of benzene rings is 1. The zero-order valence-electron chi connectivity index (χ0n) is 8.88. The van der Waals surface area contributed by atoms with Crippen molar-refractivity contribution >= 4 is 11.8 Å². The van der Waals surface area contributed by atoms with Crippen molar-refractivity contribution in [3.63, 3.8) is 0 Å². The summed E-state index contributed by atoms with van der Waals surface area (Å²) in [4.78, 5) is 1.12. The summed E-state index contributed by atoms with van der Waals surface area (Å²) in [6, 6.07) is 4.85. The lowest BCUT2D eigenvalue weighted by Gasteiger charge is -2.20. The number of aliphatic hydroxyl groups is 1. The molecule has 1 aliphatic rings. The summed E-state index contributed by atoms with van der Waals surface area (Å²) in [5, 5.41) is 8.62. The van der Waals surface area contributed by atoms with E-state index in [4.69, 9.17) is 5.11 Å². The van der Waals surface area contributed by atoms with Crippen LogP contribution >= 0.6 is 11.8 Å². The van der Waals surface area contributed by atoms with Gasteiger partial charge in [0.05, 0.1) is 0 Å². The molecule has 0 saturated heterocycles. The quantitative estimate of drug-likeness (QED) is 0.881. The molecule has 16 heavy (non-hydrogen) atoms. The molecule has 1 heterocycles. The monoisotopic (exact) mass is 244 g/mol. The summed E-state index contributed by atoms with van der Waals surface area (Å²) >= 11 is 1.73. The standard InChI is InChI=1S/C12H14F2OS/c13-12(14,5-6-15)10-3-4-11-9(8-10)2-1-7-16-11/h3-4,8,15H,1-2,5-7H2. The molecule has 4 heteroatoms. The summed E-state index contributed by atoms with van der Waals surface area (Å²) in [6.07, 6.45) is 1.43. The number of thioether (sulfide) groups is 1. The number of fused-ring (bicyclic) bond motifs is 1. The number of aryl methyl sites for hydroxylation is 1. The van der Waals surface area contributed by atoms with Crippen LogP contribution in [0.5, 0.6) is 0 Å². The minimum Gasteiger partial charge on any atom is -0.396 e. The second kappa shape index (κ2) is 4.72. The van der Waals surface area contributed by atoms with Crippen LogP contribution in [0.15, 0.2) is 23.1 Å². The molecule has 0 bridgehead atoms. The molecule has 1 aromatic rings. The smallest absolute Gasteiger partial charge is 0.275 e. The molecule has 0 radical (unpaired) electrons. The minimum atomic E-state index is -2.91. The van der Waals surface area contributed by atoms with E-state index in [2.05, 4.69) is 0 Å². The fraction of sp³-hybridized carbons (Fsp3) is 0.500. The van der Waals surface area contributed by atoms with Gasteiger partial charge in [0.2, 0.25) is 0 Å². The third-order valence-electron chi connectivity index (χ3n) is 2.76. The van der Waals surface area contributed by atoms with Crippen LogP contribution in [-0.2, 0) is 12.3 Å². The molecule has 0 aliphatic carbocycles. The van der Waals surface area contributed by atoms with E-state index in [0.717, 1.165) is 29.1 Å². The Morgan fingerprint density at radius 2 is 2.19 bits per heavy atom. The normalized spacial score (nSPS) is 15.9. The molecule has 0 amide bonds. The van der Waals surface area contributed by atoms with Gasteiger partial charge in [-0.05, 0) is 36.3 Å². The van der Waals surface area contributed by atoms with E-state index in [9.17, 15) is 8.78 Å². The zero-order valence-corrected chi connectivity index (χ0v) is 9.70. The van der Waals surface area contributed by atoms with Crippen LogP contribution in [0.3, 0.4) is 0 Å². The van der Waals surface area contributed by atoms with E-state index < -0.39 is 19.0 Å². The largest absolute Gasteiger partial charge is 0.396 e. The highest BCUT2D eigenvalue weighted by molar-refractivity contribution is 7.99. The number of halogens is 2. The molecule has 88 valence electrons. The van der Waals surface area contributed by atoms with Gasteiger partial charge in [-0.15, -0.1) is 11.8 Å². The maximum Gasteiger partial charge on any atom is 0.275 e. The summed E-state index contributed by atoms with van der Waals surface area (Å²) in [7, 11) is 0. The molecule has 0 saturated carbocycles. The van der Waals surface area contributed by atoms with Gasteiger partial charge in [-0.1, -0.05) is 6.07 Å². The maximum absolute atomic E-state index is 13.6. The lowest BCUT2D eigenvalue weighted by Crippen LogP contribution is -2.16. The minimum absolute atomic E-state index is 0.0304. The van der Waals surface area contributed by atoms with Crippen LogP contribution < -0.4 is 0 Å². The molecule has 0 unspecified atom stereocenters. The molecule has 0 fully saturated rings. The summed E-state index contributed by atoms with van der Waals surface area (Å²) in [5.74, 6) is -1.84. The van der Waals surface area contributed by atoms with Gasteiger partial charge in [-0.2, -0.15) is 0 Å². The van der Waals surface area contributed by atoms with Crippen molar-refractivity contribution < 1.29 is 13.9 Å². The topological polar surface area (TPSA) is 20.2 Å². The van der Waals surface area contributed by atoms with E-state index in [1.54, 1.807) is 23.9 Å². The van der Waals surface area contributed by atoms with E-state index >= 15 is 0 Å². The van der Waals surface area contributed by atoms with Crippen LogP contribution in [-0.4, -0.2) is 17.5 Å². The van der Waals surface area contributed by atoms with E-state index in [-0.39, 0.29) is 5.56 Å². The average molecular weight is 244 g/mol. The number of hydrogen-bond donors (Lipinski definition) is 1. The fourth-order valence-corrected chi connectivity index (χ4v) is 2.89. The van der Waals surface area contributed by atoms with Gasteiger partial charge in [0, 0.05) is 23.5 Å². The van der Waals surface area contributed by atoms with Crippen molar-refractivity contribution in [2.24, 2.45) is 0 Å². The Hall–Kier alpha value is -0.610. The maximum atomic E-state index is 13.6. The summed E-state index contributed by atoms with van der Waals surface area (Å²) in [6.45, 7) is -0.487. The van der Waals surface area contributed by atoms with Crippen molar-refractivity contribution in [3.8, 4) is 0 Å². The van der Waals surface area contributed by atoms with Gasteiger partial charge in [-0.25, -0.2) is 8.78 Å². The van der Waals surface area contributed by atoms with Crippen LogP contribution in [0, 0.1) is 0 Å². The van der Waals surface area contributed by atoms with Crippen molar-refractivity contribution in [2.45, 2.75) is 30.1 Å². The Morgan fingerprint density at radius 3 is 2.94 bits per heavy atom. The zero-order chi connectivity index (χ0) is 11.6. The average Bonchev–Trinajstić information content (AvgIpc) is 2.28. The fourth-order valence-electron chi connectivity index (χ4n) is 1.87. The SMILES string of the molecule is OCCC(F)(F)c1ccc2c(c1)CCCS2. The third kappa shape index (κ3) is 2.38. The molecule has 0 aromatic heterocycles. The molecule has 1 aliphatic heterocycles. The van der Waals surface area contributed by atoms with Gasteiger partial charge in [0.15, 0.2) is 0 Å². The first kappa shape index (κ1) is 11.9. The Balaban J connectivity index is 2.29. The van der Waals surface area contributed by atoms with Crippen LogP contribution in [0.25, 0.3) is 0 Å². The van der Waals surface area contributed by atoms with Crippen LogP contribution in [0.1, 0.15) is 24.0 Å². The van der Waals surface area contributed by atoms with E-state index in [0.29, 0.717) is 0 Å². The highest BCUT2D eigenvalue weighted by Crippen LogP contribution is 2.36. The highest BCUT2D eigenvalue weighted by atomic mass is 32.2. The van der Waals surface area contributed by atoms with Crippen molar-refractivity contribution in [1.82, 2.24) is 0 Å². The van der Waals surface area contributed by atoms with Gasteiger partial charge in [-0.3, -0.25) is 0 Å². The Bertz CT molecular complexity index is 379. The molecule has 1 aromatic carbocycles. The predicted molar refractivity (Wildman–Crippen MR) is 61.1 cm³/mol. The molecular formula is C12H14F2OS. The Kier molecular flexibility index (Phi) is 3.50. The Morgan fingerprint density at radius 1 is 1.38 bits per heavy atom. The lowest BCUT2D eigenvalue weighted by molar-refractivity contribution is -0.0270. The van der Waals surface area contributed by atoms with Crippen molar-refractivity contribution in [2.75, 3.05) is 12.4 Å². The van der Waals surface area contributed by atoms with Crippen LogP contribution in [0.4, 0.5) is 8.78 Å². The number of hydrogen-bond acceptors (Lipinski definition) is 2. The van der Waals surface area contributed by atoms with Gasteiger partial charge in [0.25, 0.3) is 5.92 Å². The summed E-state index contributed by atoms with van der Waals surface area (Å²) < 4.78 is 27.1. The van der Waals surface area contributed by atoms with Crippen molar-refractivity contribution in [1.29, 1.82) is 0 Å². The highest BCUT2D eigenvalue weighted by Gasteiger charge is 2.31. The first-order valence-electron chi connectivity index (χ1n) is 5.38. The van der Waals surface area contributed by atoms with E-state index in [1.165, 1.54) is 6.07 Å². The van der Waals surface area contributed by atoms with Crippen LogP contribution in [0.2, 0.25) is 0 Å². The first-order chi connectivity index (χ1) is 7.63. The molecule has 0 spiro atoms. The Labute approximate surface area is 97.9 Å². The van der Waals surface area contributed by atoms with Gasteiger partial charge >= 0.3 is 0 Å². The molecular weight excluding hydrogens is 230 g/mol. The van der Waals surface area contributed by atoms with Gasteiger partial charge < -0.3 is 5.11 Å². The lowest BCUT2D eigenvalue weighted by atomic mass is 10.0. The molecule has 2 rings (SSSR count). The molecule has 1 N–H and O–H groups in total. The molecule has 0 atom stereocenters. The van der Waals surface area contributed by atoms with Gasteiger partial charge in [0.1, 0.15) is 0 Å². The van der Waals surface area contributed by atoms with Crippen molar-refractivity contribution in [3.05, 3.63) is 29.3 Å². The second-order valence-corrected chi connectivity index (χ2v) is 5.09. The number of alkyl halides is 2. The first-order valence-corrected chi connectivity index (χ1v) is 6.37. The van der Waals surface area contributed by atoms with E-state index in [1.807, 2.05) is 0 Å². The summed E-state index contributed by atoms with van der Waals surface area (Å²) in [5.41, 5.74) is 1.05. The third-order valence-corrected chi connectivity index (χ3v) is 3.96. The second-order valence-electron chi connectivity index (χ2n) is 3.95. The molecule has 1 nitrogen and oxygen atoms in total. The predicted octanol–water partition coefficient (Wildman–Crippen LogP) is 3.20.